The lowest BCUT2D eigenvalue weighted by atomic mass is 10.1. The number of anilines is 2. The summed E-state index contributed by atoms with van der Waals surface area (Å²) in [6, 6.07) is 37.9. The number of methoxy groups -OCH3 is 2. The van der Waals surface area contributed by atoms with E-state index in [1.165, 1.54) is 34.0 Å². The Morgan fingerprint density at radius 3 is 1.12 bits per heavy atom. The van der Waals surface area contributed by atoms with Gasteiger partial charge in [-0.15, -0.1) is 15.3 Å². The quantitative estimate of drug-likeness (QED) is 0.0605. The zero-order chi connectivity index (χ0) is 90.6. The van der Waals surface area contributed by atoms with Gasteiger partial charge in [-0.1, -0.05) is 97.1 Å². The molecule has 128 heavy (non-hydrogen) atoms. The summed E-state index contributed by atoms with van der Waals surface area (Å²) in [6.45, 7) is 22.0. The SMILES string of the molecule is CCc1cc(-c2ccc(F)c(C)c2)nn1CC(=O)N1CCN(c2nnc(C(F)(F)F)s2)CC1.CCc1cc(-c2ccc(F)c(C)c2)nn1CC(=O)N1CCc2nc(OC)sc2CC1.CCc1nnc(N2CCN(C(=O)Cn3nc(-c4ccc(F)c(C)c4)cc3CC)CC2)o1.COc1nc2c(s1)CCN(C(=O)Cn1nc(-c3ccc(F)c(C)c3)cc1-c1ccccc1)CC2. The molecular formula is C91H99F7N20O7S3. The third-order valence-corrected chi connectivity index (χ3v) is 26.0. The van der Waals surface area contributed by atoms with Gasteiger partial charge in [0.2, 0.25) is 39.7 Å². The van der Waals surface area contributed by atoms with Gasteiger partial charge in [0.1, 0.15) is 49.4 Å². The number of amides is 4. The Labute approximate surface area is 747 Å². The molecular weight excluding hydrogens is 1710 g/mol. The summed E-state index contributed by atoms with van der Waals surface area (Å²) in [5.74, 6) is -0.408. The lowest BCUT2D eigenvalue weighted by Gasteiger charge is -2.34. The van der Waals surface area contributed by atoms with Crippen molar-refractivity contribution in [1.29, 1.82) is 0 Å². The second-order valence-corrected chi connectivity index (χ2v) is 34.3. The number of aryl methyl sites for hydroxylation is 8. The highest BCUT2D eigenvalue weighted by atomic mass is 32.1. The maximum absolute atomic E-state index is 13.8. The minimum absolute atomic E-state index is 0.0178. The number of hydrogen-bond acceptors (Lipinski definition) is 22. The van der Waals surface area contributed by atoms with Crippen molar-refractivity contribution in [2.75, 3.05) is 103 Å². The molecule has 0 unspecified atom stereocenters. The minimum Gasteiger partial charge on any atom is -0.473 e. The summed E-state index contributed by atoms with van der Waals surface area (Å²) >= 11 is 3.62. The number of carbonyl (C=O) groups excluding carboxylic acids is 4. The monoisotopic (exact) mass is 1810 g/mol. The molecule has 0 aliphatic carbocycles. The van der Waals surface area contributed by atoms with Crippen LogP contribution in [0.15, 0.2) is 132 Å². The summed E-state index contributed by atoms with van der Waals surface area (Å²) in [4.78, 5) is 74.5. The molecule has 5 aromatic carbocycles. The largest absolute Gasteiger partial charge is 0.473 e. The molecule has 4 amide bonds. The molecule has 0 atom stereocenters. The van der Waals surface area contributed by atoms with Gasteiger partial charge in [0.25, 0.3) is 10.4 Å². The van der Waals surface area contributed by atoms with Crippen LogP contribution < -0.4 is 19.3 Å². The van der Waals surface area contributed by atoms with E-state index in [9.17, 15) is 49.9 Å². The van der Waals surface area contributed by atoms with E-state index in [0.29, 0.717) is 165 Å². The highest BCUT2D eigenvalue weighted by Crippen LogP contribution is 2.37. The maximum Gasteiger partial charge on any atom is 0.445 e. The average molecular weight is 1810 g/mol. The molecule has 12 heterocycles. The molecule has 4 aliphatic heterocycles. The minimum atomic E-state index is -4.51. The zero-order valence-corrected chi connectivity index (χ0v) is 75.2. The Kier molecular flexibility index (Phi) is 29.4. The number of aromatic nitrogens is 14. The van der Waals surface area contributed by atoms with E-state index in [2.05, 4.69) is 45.7 Å². The van der Waals surface area contributed by atoms with E-state index in [4.69, 9.17) is 19.0 Å². The molecule has 0 N–H and O–H groups in total. The van der Waals surface area contributed by atoms with Crippen LogP contribution in [0.1, 0.15) is 99.1 Å². The van der Waals surface area contributed by atoms with Crippen LogP contribution in [-0.4, -0.2) is 205 Å². The van der Waals surface area contributed by atoms with Gasteiger partial charge >= 0.3 is 12.2 Å². The van der Waals surface area contributed by atoms with Crippen LogP contribution in [0.25, 0.3) is 56.3 Å². The van der Waals surface area contributed by atoms with Crippen LogP contribution in [0.5, 0.6) is 10.4 Å². The van der Waals surface area contributed by atoms with Gasteiger partial charge in [-0.3, -0.25) is 37.9 Å². The fourth-order valence-corrected chi connectivity index (χ4v) is 17.9. The van der Waals surface area contributed by atoms with E-state index in [0.717, 1.165) is 105 Å². The van der Waals surface area contributed by atoms with Gasteiger partial charge < -0.3 is 43.3 Å². The first-order valence-electron chi connectivity index (χ1n) is 42.4. The fraction of sp³-hybridized carbons (Fsp3) is 0.385. The highest BCUT2D eigenvalue weighted by Gasteiger charge is 2.37. The fourth-order valence-electron chi connectivity index (χ4n) is 15.3. The van der Waals surface area contributed by atoms with Crippen molar-refractivity contribution in [3.05, 3.63) is 222 Å². The third kappa shape index (κ3) is 22.0. The number of halogens is 7. The Balaban J connectivity index is 0.000000138. The number of alkyl halides is 3. The summed E-state index contributed by atoms with van der Waals surface area (Å²) in [6.07, 6.45) is 1.40. The third-order valence-electron chi connectivity index (χ3n) is 22.7. The van der Waals surface area contributed by atoms with Crippen molar-refractivity contribution >= 4 is 68.8 Å². The van der Waals surface area contributed by atoms with Gasteiger partial charge in [-0.05, 0) is 172 Å². The molecule has 4 aliphatic rings. The number of hydrogen-bond donors (Lipinski definition) is 0. The molecule has 2 saturated heterocycles. The summed E-state index contributed by atoms with van der Waals surface area (Å²) in [5, 5.41) is 34.1. The van der Waals surface area contributed by atoms with Gasteiger partial charge in [0.05, 0.1) is 54.1 Å². The molecule has 0 spiro atoms. The Bertz CT molecular complexity index is 6030. The van der Waals surface area contributed by atoms with Crippen LogP contribution in [-0.2, 0) is 103 Å². The standard InChI is InChI=1S/C26H25FN4O2S.C22H27FN6O2.C22H25FN4O2S.C21H22F4N6OS/c1-17-14-19(8-9-20(17)27)22-15-23(18-6-4-3-5-7-18)31(29-22)16-25(32)30-12-10-21-24(11-13-30)34-26(28-21)33-2;1-4-17-13-19(16-6-7-18(23)15(3)12-16)26-29(17)14-21(30)27-8-10-28(11-9-27)22-25-24-20(5-2)31-22;1-4-16-12-19(15-5-6-17(23)14(2)11-15)25-27(16)13-21(28)26-9-7-18-20(8-10-26)30-22(24-18)29-3;1-3-15-11-17(14-4-5-16(22)13(2)10-14)28-31(15)12-18(32)29-6-8-30(9-7-29)20-27-26-19(33-20)21(23,24)25/h3-9,14-15H,10-13,16H2,1-2H3;6-7,12-13H,4-5,8-11,14H2,1-3H3;5-6,11-12H,4,7-10,13H2,1-3H3;4-5,10-11H,3,6-9,12H2,1-2H3. The van der Waals surface area contributed by atoms with E-state index >= 15 is 0 Å². The van der Waals surface area contributed by atoms with Gasteiger partial charge in [0.15, 0.2) is 0 Å². The lowest BCUT2D eigenvalue weighted by Crippen LogP contribution is -2.49. The molecule has 0 saturated carbocycles. The van der Waals surface area contributed by atoms with E-state index < -0.39 is 11.2 Å². The first-order chi connectivity index (χ1) is 61.6. The van der Waals surface area contributed by atoms with E-state index in [-0.39, 0.29) is 78.2 Å². The van der Waals surface area contributed by atoms with Gasteiger partial charge in [0, 0.05) is 160 Å². The van der Waals surface area contributed by atoms with Crippen LogP contribution in [0.3, 0.4) is 0 Å². The van der Waals surface area contributed by atoms with Crippen molar-refractivity contribution in [2.24, 2.45) is 0 Å². The molecule has 27 nitrogen and oxygen atoms in total. The van der Waals surface area contributed by atoms with E-state index in [1.54, 1.807) is 142 Å². The second-order valence-electron chi connectivity index (χ2n) is 31.2. The summed E-state index contributed by atoms with van der Waals surface area (Å²) < 4.78 is 116. The Hall–Kier alpha value is -12.5. The van der Waals surface area contributed by atoms with Crippen molar-refractivity contribution in [3.8, 4) is 66.7 Å². The first kappa shape index (κ1) is 91.7. The molecule has 8 aromatic heterocycles. The van der Waals surface area contributed by atoms with Crippen LogP contribution in [0.4, 0.5) is 41.9 Å². The average Bonchev–Trinajstić information content (AvgIpc) is 1.64. The highest BCUT2D eigenvalue weighted by molar-refractivity contribution is 7.15. The number of thiazole rings is 2. The molecule has 0 bridgehead atoms. The topological polar surface area (TPSA) is 268 Å². The molecule has 13 aromatic rings. The van der Waals surface area contributed by atoms with Crippen molar-refractivity contribution in [2.45, 2.75) is 139 Å². The summed E-state index contributed by atoms with van der Waals surface area (Å²) in [7, 11) is 3.26. The van der Waals surface area contributed by atoms with Crippen molar-refractivity contribution in [3.63, 3.8) is 0 Å². The van der Waals surface area contributed by atoms with Gasteiger partial charge in [-0.25, -0.2) is 27.5 Å². The van der Waals surface area contributed by atoms with Crippen molar-refractivity contribution < 1.29 is 63.8 Å². The molecule has 37 heteroatoms. The van der Waals surface area contributed by atoms with Crippen LogP contribution in [0, 0.1) is 51.0 Å². The predicted molar refractivity (Wildman–Crippen MR) is 474 cm³/mol. The van der Waals surface area contributed by atoms with Crippen molar-refractivity contribution in [1.82, 2.24) is 89.1 Å². The Morgan fingerprint density at radius 2 is 0.766 bits per heavy atom. The molecule has 2 fully saturated rings. The predicted octanol–water partition coefficient (Wildman–Crippen LogP) is 15.0. The Morgan fingerprint density at radius 1 is 0.398 bits per heavy atom. The first-order valence-corrected chi connectivity index (χ1v) is 44.9. The normalized spacial score (nSPS) is 14.1. The zero-order valence-electron chi connectivity index (χ0n) is 72.8. The molecule has 17 rings (SSSR count). The smallest absolute Gasteiger partial charge is 0.445 e. The number of benzene rings is 5. The van der Waals surface area contributed by atoms with Crippen LogP contribution >= 0.6 is 34.0 Å². The number of fused-ring (bicyclic) bond motifs is 2. The lowest BCUT2D eigenvalue weighted by molar-refractivity contribution is -0.138. The van der Waals surface area contributed by atoms with Gasteiger partial charge in [-0.2, -0.15) is 33.6 Å². The van der Waals surface area contributed by atoms with Crippen LogP contribution in [0.2, 0.25) is 0 Å². The number of carbonyl (C=O) groups is 4. The number of ether oxygens (including phenoxy) is 2. The van der Waals surface area contributed by atoms with E-state index in [1.807, 2.05) is 102 Å². The number of nitrogens with zero attached hydrogens (tertiary/aromatic N) is 20. The molecule has 0 radical (unpaired) electrons. The number of piperazine rings is 2. The second kappa shape index (κ2) is 41.1. The molecule has 672 valence electrons. The maximum atomic E-state index is 13.8. The summed E-state index contributed by atoms with van der Waals surface area (Å²) in [5.41, 5.74) is 15.2. The number of rotatable bonds is 21.